The molecule has 21 nitrogen and oxygen atoms in total. The Morgan fingerprint density at radius 3 is 1.95 bits per heavy atom. The lowest BCUT2D eigenvalue weighted by molar-refractivity contribution is -0.146. The fourth-order valence-electron chi connectivity index (χ4n) is 10.4. The highest BCUT2D eigenvalue weighted by Gasteiger charge is 2.52. The van der Waals surface area contributed by atoms with Crippen LogP contribution in [0.5, 0.6) is 0 Å². The van der Waals surface area contributed by atoms with Crippen LogP contribution < -0.4 is 4.78 Å². The minimum absolute atomic E-state index is 0.0472. The summed E-state index contributed by atoms with van der Waals surface area (Å²) >= 11 is 6.77. The number of likely N-dealkylation sites (tertiary alicyclic amines) is 2. The van der Waals surface area contributed by atoms with Crippen molar-refractivity contribution in [3.63, 3.8) is 0 Å². The first-order valence-corrected chi connectivity index (χ1v) is 31.1. The molecule has 0 aliphatic carbocycles. The van der Waals surface area contributed by atoms with E-state index >= 15 is 0 Å². The Morgan fingerprint density at radius 1 is 0.747 bits per heavy atom. The lowest BCUT2D eigenvalue weighted by Crippen LogP contribution is -2.41. The number of esters is 1. The molecule has 26 heteroatoms. The molecule has 3 fully saturated rings. The molecule has 4 atom stereocenters. The van der Waals surface area contributed by atoms with Gasteiger partial charge in [0.1, 0.15) is 28.0 Å². The second-order valence-electron chi connectivity index (χ2n) is 24.3. The number of carbonyl (C=O) groups is 3. The number of aliphatic hydroxyl groups excluding tert-OH is 1. The maximum atomic E-state index is 13.4. The van der Waals surface area contributed by atoms with Gasteiger partial charge in [0.25, 0.3) is 10.0 Å². The Labute approximate surface area is 498 Å². The van der Waals surface area contributed by atoms with Crippen LogP contribution in [0.2, 0.25) is 0 Å². The van der Waals surface area contributed by atoms with E-state index in [4.69, 9.17) is 19.0 Å². The Kier molecular flexibility index (Phi) is 15.8. The van der Waals surface area contributed by atoms with E-state index in [1.165, 1.54) is 27.0 Å². The molecule has 0 spiro atoms. The SMILES string of the molecule is CC(=O)N1C[C@H](O)C[C@@H]1c1nc(-c2cnc(C(C)(C)C)s2)c2cnc3[nH]ccc3n12.CC(=O)O[C@@H]1C[C@H](c2nc(Br)c3cnc4c(ccn4S(=O)(=O)c4ccc(C)cc4)n23)N(C(C)=O)C1.CC(C)(C)c1ncc(B2OC(C)(C)C(C)(C)O2)s1. The second-order valence-corrected chi connectivity index (χ2v) is 29.0. The number of hydrogen-bond donors (Lipinski definition) is 2. The molecule has 0 bridgehead atoms. The number of aromatic nitrogens is 10. The highest BCUT2D eigenvalue weighted by atomic mass is 79.9. The minimum atomic E-state index is -3.89. The van der Waals surface area contributed by atoms with Gasteiger partial charge in [-0.3, -0.25) is 23.2 Å². The smallest absolute Gasteiger partial charge is 0.461 e. The fraction of sp³-hybridized carbons (Fsp3) is 0.456. The lowest BCUT2D eigenvalue weighted by atomic mass is 9.89. The zero-order valence-corrected chi connectivity index (χ0v) is 52.9. The number of β-amino-alcohol motifs (C(OH)–C–C–N with tert-alkyl or cyclic N) is 1. The van der Waals surface area contributed by atoms with E-state index < -0.39 is 34.2 Å². The van der Waals surface area contributed by atoms with Gasteiger partial charge in [-0.25, -0.2) is 42.3 Å². The molecule has 12 rings (SSSR count). The predicted molar refractivity (Wildman–Crippen MR) is 322 cm³/mol. The Morgan fingerprint density at radius 2 is 1.34 bits per heavy atom. The number of rotatable bonds is 7. The van der Waals surface area contributed by atoms with Gasteiger partial charge in [-0.1, -0.05) is 59.2 Å². The van der Waals surface area contributed by atoms with E-state index in [0.29, 0.717) is 40.8 Å². The number of aliphatic hydroxyl groups is 1. The summed E-state index contributed by atoms with van der Waals surface area (Å²) in [5, 5.41) is 12.4. The molecule has 0 radical (unpaired) electrons. The van der Waals surface area contributed by atoms with E-state index in [1.54, 1.807) is 73.4 Å². The van der Waals surface area contributed by atoms with Crippen molar-refractivity contribution in [2.75, 3.05) is 13.1 Å². The van der Waals surface area contributed by atoms with Gasteiger partial charge in [0.2, 0.25) is 11.8 Å². The summed E-state index contributed by atoms with van der Waals surface area (Å²) in [6.45, 7) is 28.0. The lowest BCUT2D eigenvalue weighted by Gasteiger charge is -2.32. The van der Waals surface area contributed by atoms with E-state index in [2.05, 4.69) is 119 Å². The summed E-state index contributed by atoms with van der Waals surface area (Å²) in [5.41, 5.74) is 5.09. The number of aromatic amines is 1. The van der Waals surface area contributed by atoms with E-state index in [9.17, 15) is 27.9 Å². The number of hydrogen-bond acceptors (Lipinski definition) is 17. The van der Waals surface area contributed by atoms with E-state index in [1.807, 2.05) is 37.8 Å². The average Bonchev–Trinajstić information content (AvgIpc) is 2.00. The highest BCUT2D eigenvalue weighted by molar-refractivity contribution is 9.10. The number of nitrogens with one attached hydrogen (secondary N) is 1. The number of halogens is 1. The number of fused-ring (bicyclic) bond motifs is 6. The molecular weight excluding hydrogens is 1180 g/mol. The molecular formula is C57H68BBrN12O9S3. The van der Waals surface area contributed by atoms with Crippen molar-refractivity contribution in [1.29, 1.82) is 0 Å². The van der Waals surface area contributed by atoms with Gasteiger partial charge >= 0.3 is 13.1 Å². The number of amides is 2. The van der Waals surface area contributed by atoms with Crippen molar-refractivity contribution in [2.45, 2.75) is 161 Å². The number of aryl methyl sites for hydroxylation is 1. The van der Waals surface area contributed by atoms with Crippen LogP contribution in [-0.2, 0) is 49.3 Å². The third-order valence-corrected chi connectivity index (χ3v) is 20.5. The number of benzene rings is 1. The van der Waals surface area contributed by atoms with E-state index in [-0.39, 0.29) is 64.1 Å². The molecule has 3 aliphatic heterocycles. The Balaban J connectivity index is 0.000000146. The molecule has 2 amide bonds. The van der Waals surface area contributed by atoms with Gasteiger partial charge in [-0.15, -0.1) is 22.7 Å². The molecule has 2 N–H and O–H groups in total. The summed E-state index contributed by atoms with van der Waals surface area (Å²) in [6, 6.07) is 9.46. The average molecular weight is 1250 g/mol. The molecule has 0 unspecified atom stereocenters. The normalized spacial score (nSPS) is 19.9. The van der Waals surface area contributed by atoms with E-state index in [0.717, 1.165) is 57.4 Å². The standard InChI is InChI=1S/C23H22BrN5O5S.C21H24N6O2S.C13H22BNO2S/c1-13-4-6-17(7-5-13)35(32,33)28-9-8-18-22(28)25-11-20-21(24)26-23(29(18)20)19-10-16(34-15(3)31)12-27(19)14(2)30;1-11(28)26-10-12(29)7-14(26)19-25-17(16-9-24-20(30-16)21(2,3)4)15-8-23-18-13(27(15)19)5-6-22-18;1-11(2,3)10-15-8-9(18-10)14-16-12(4,5)13(6,7)17-14/h4-9,11,16,19H,10,12H2,1-3H3;5-6,8-9,12,14,22,29H,7,10H2,1-4H3;8H,1-7H3/t16-,19-;12-,14-;/m11./s1. The van der Waals surface area contributed by atoms with Gasteiger partial charge < -0.3 is 33.9 Å². The molecule has 83 heavy (non-hydrogen) atoms. The fourth-order valence-corrected chi connectivity index (χ4v) is 14.0. The number of thiazole rings is 2. The molecule has 8 aromatic heterocycles. The van der Waals surface area contributed by atoms with Crippen LogP contribution in [0.25, 0.3) is 43.9 Å². The maximum Gasteiger partial charge on any atom is 0.507 e. The summed E-state index contributed by atoms with van der Waals surface area (Å²) in [4.78, 5) is 71.6. The third-order valence-electron chi connectivity index (χ3n) is 15.3. The highest BCUT2D eigenvalue weighted by Crippen LogP contribution is 2.42. The van der Waals surface area contributed by atoms with Gasteiger partial charge in [-0.05, 0) is 74.8 Å². The van der Waals surface area contributed by atoms with Crippen molar-refractivity contribution < 1.29 is 42.0 Å². The second kappa shape index (κ2) is 21.9. The third kappa shape index (κ3) is 11.4. The van der Waals surface area contributed by atoms with Crippen LogP contribution >= 0.6 is 38.6 Å². The molecule has 3 aliphatic rings. The largest absolute Gasteiger partial charge is 0.507 e. The minimum Gasteiger partial charge on any atom is -0.461 e. The van der Waals surface area contributed by atoms with Crippen LogP contribution in [-0.4, -0.2) is 132 Å². The first-order valence-electron chi connectivity index (χ1n) is 27.2. The van der Waals surface area contributed by atoms with Gasteiger partial charge in [0, 0.05) is 75.8 Å². The van der Waals surface area contributed by atoms with Crippen molar-refractivity contribution in [1.82, 2.24) is 57.5 Å². The monoisotopic (exact) mass is 1250 g/mol. The van der Waals surface area contributed by atoms with Gasteiger partial charge in [-0.2, -0.15) is 0 Å². The van der Waals surface area contributed by atoms with Crippen molar-refractivity contribution in [3.8, 4) is 10.6 Å². The first kappa shape index (κ1) is 59.7. The molecule has 0 saturated carbocycles. The summed E-state index contributed by atoms with van der Waals surface area (Å²) in [6.07, 6.45) is 10.2. The quantitative estimate of drug-likeness (QED) is 0.111. The van der Waals surface area contributed by atoms with Crippen molar-refractivity contribution in [2.24, 2.45) is 0 Å². The molecule has 11 heterocycles. The molecule has 9 aromatic rings. The van der Waals surface area contributed by atoms with Crippen LogP contribution in [0.15, 0.2) is 83.1 Å². The van der Waals surface area contributed by atoms with Crippen LogP contribution in [0.4, 0.5) is 0 Å². The van der Waals surface area contributed by atoms with Crippen LogP contribution in [0.1, 0.15) is 142 Å². The van der Waals surface area contributed by atoms with Crippen molar-refractivity contribution in [3.05, 3.63) is 105 Å². The van der Waals surface area contributed by atoms with Crippen LogP contribution in [0.3, 0.4) is 0 Å². The molecule has 1 aromatic carbocycles. The Hall–Kier alpha value is -6.42. The summed E-state index contributed by atoms with van der Waals surface area (Å²) in [5.74, 6) is 0.599. The number of ether oxygens (including phenoxy) is 1. The number of nitrogens with zero attached hydrogens (tertiary/aromatic N) is 11. The molecule has 438 valence electrons. The first-order chi connectivity index (χ1) is 38.8. The zero-order valence-electron chi connectivity index (χ0n) is 48.9. The number of carbonyl (C=O) groups excluding carboxylic acids is 3. The molecule has 3 saturated heterocycles. The predicted octanol–water partition coefficient (Wildman–Crippen LogP) is 9.24. The number of H-pyrrole nitrogens is 1. The van der Waals surface area contributed by atoms with Crippen LogP contribution in [0, 0.1) is 6.92 Å². The summed E-state index contributed by atoms with van der Waals surface area (Å²) in [7, 11) is -4.18. The maximum absolute atomic E-state index is 13.4. The van der Waals surface area contributed by atoms with Gasteiger partial charge in [0.05, 0.1) is 95.0 Å². The summed E-state index contributed by atoms with van der Waals surface area (Å²) < 4.78 is 50.7. The number of imidazole rings is 2. The Bertz CT molecular complexity index is 4060. The zero-order chi connectivity index (χ0) is 60.0. The van der Waals surface area contributed by atoms with Crippen molar-refractivity contribution >= 4 is 112 Å². The van der Waals surface area contributed by atoms with Gasteiger partial charge in [0.15, 0.2) is 11.3 Å². The topological polar surface area (TPSA) is 247 Å².